The number of methoxy groups -OCH3 is 1. The first kappa shape index (κ1) is 14.2. The zero-order chi connectivity index (χ0) is 14.5. The van der Waals surface area contributed by atoms with Crippen LogP contribution in [-0.4, -0.2) is 51.0 Å². The van der Waals surface area contributed by atoms with Crippen LogP contribution in [0.5, 0.6) is 0 Å². The van der Waals surface area contributed by atoms with Gasteiger partial charge in [0.15, 0.2) is 5.69 Å². The van der Waals surface area contributed by atoms with Gasteiger partial charge in [-0.1, -0.05) is 35.5 Å². The summed E-state index contributed by atoms with van der Waals surface area (Å²) in [6, 6.07) is 8.96. The number of aliphatic hydroxyl groups is 1. The third kappa shape index (κ3) is 3.01. The van der Waals surface area contributed by atoms with Gasteiger partial charge < -0.3 is 14.9 Å². The molecule has 1 aromatic heterocycles. The highest BCUT2D eigenvalue weighted by Crippen LogP contribution is 2.22. The zero-order valence-electron chi connectivity index (χ0n) is 10.9. The number of aromatic carboxylic acids is 1. The van der Waals surface area contributed by atoms with Crippen LogP contribution in [0.15, 0.2) is 30.3 Å². The first-order chi connectivity index (χ1) is 9.63. The minimum absolute atomic E-state index is 0.109. The highest BCUT2D eigenvalue weighted by molar-refractivity contribution is 5.92. The Balaban J connectivity index is 2.41. The molecule has 7 heteroatoms. The van der Waals surface area contributed by atoms with Crippen LogP contribution in [0.1, 0.15) is 10.5 Å². The molecule has 0 saturated carbocycles. The van der Waals surface area contributed by atoms with Gasteiger partial charge in [0, 0.05) is 12.7 Å². The van der Waals surface area contributed by atoms with Gasteiger partial charge in [-0.3, -0.25) is 0 Å². The van der Waals surface area contributed by atoms with Crippen molar-refractivity contribution in [3.8, 4) is 11.3 Å². The summed E-state index contributed by atoms with van der Waals surface area (Å²) in [7, 11) is 1.48. The molecule has 1 aromatic carbocycles. The molecule has 7 nitrogen and oxygen atoms in total. The number of benzene rings is 1. The molecule has 1 atom stereocenters. The lowest BCUT2D eigenvalue weighted by molar-refractivity contribution is 0.0513. The van der Waals surface area contributed by atoms with Crippen LogP contribution < -0.4 is 0 Å². The highest BCUT2D eigenvalue weighted by atomic mass is 16.5. The van der Waals surface area contributed by atoms with E-state index in [1.54, 1.807) is 24.3 Å². The maximum atomic E-state index is 11.2. The molecular formula is C13H15N3O4. The van der Waals surface area contributed by atoms with Gasteiger partial charge in [0.25, 0.3) is 0 Å². The molecule has 2 rings (SSSR count). The van der Waals surface area contributed by atoms with E-state index >= 15 is 0 Å². The van der Waals surface area contributed by atoms with Crippen molar-refractivity contribution < 1.29 is 19.7 Å². The molecule has 2 aromatic rings. The molecule has 0 bridgehead atoms. The van der Waals surface area contributed by atoms with E-state index in [4.69, 9.17) is 4.74 Å². The maximum absolute atomic E-state index is 11.2. The summed E-state index contributed by atoms with van der Waals surface area (Å²) in [5, 5.41) is 26.4. The van der Waals surface area contributed by atoms with E-state index in [-0.39, 0.29) is 18.8 Å². The number of ether oxygens (including phenoxy) is 1. The van der Waals surface area contributed by atoms with Crippen LogP contribution in [0.4, 0.5) is 0 Å². The summed E-state index contributed by atoms with van der Waals surface area (Å²) in [5.74, 6) is -1.16. The van der Waals surface area contributed by atoms with E-state index < -0.39 is 12.1 Å². The van der Waals surface area contributed by atoms with Gasteiger partial charge >= 0.3 is 5.97 Å². The van der Waals surface area contributed by atoms with Crippen molar-refractivity contribution in [3.63, 3.8) is 0 Å². The van der Waals surface area contributed by atoms with Crippen LogP contribution >= 0.6 is 0 Å². The van der Waals surface area contributed by atoms with Crippen LogP contribution in [-0.2, 0) is 11.3 Å². The average Bonchev–Trinajstić information content (AvgIpc) is 2.83. The highest BCUT2D eigenvalue weighted by Gasteiger charge is 2.21. The van der Waals surface area contributed by atoms with E-state index in [1.165, 1.54) is 11.8 Å². The molecule has 0 radical (unpaired) electrons. The molecule has 0 saturated heterocycles. The van der Waals surface area contributed by atoms with Crippen molar-refractivity contribution in [2.75, 3.05) is 13.7 Å². The fourth-order valence-corrected chi connectivity index (χ4v) is 1.91. The number of carbonyl (C=O) groups is 1. The Bertz CT molecular complexity index is 583. The Hall–Kier alpha value is -2.25. The second-order valence-corrected chi connectivity index (χ2v) is 4.25. The van der Waals surface area contributed by atoms with Crippen molar-refractivity contribution in [2.45, 2.75) is 12.6 Å². The number of hydrogen-bond donors (Lipinski definition) is 2. The van der Waals surface area contributed by atoms with Gasteiger partial charge in [-0.15, -0.1) is 5.10 Å². The van der Waals surface area contributed by atoms with Crippen LogP contribution in [0.3, 0.4) is 0 Å². The van der Waals surface area contributed by atoms with E-state index in [2.05, 4.69) is 10.3 Å². The first-order valence-corrected chi connectivity index (χ1v) is 6.02. The molecule has 1 heterocycles. The Kier molecular flexibility index (Phi) is 4.44. The second kappa shape index (κ2) is 6.27. The minimum Gasteiger partial charge on any atom is -0.476 e. The van der Waals surface area contributed by atoms with Crippen molar-refractivity contribution in [3.05, 3.63) is 36.0 Å². The Labute approximate surface area is 115 Å². The first-order valence-electron chi connectivity index (χ1n) is 6.02. The van der Waals surface area contributed by atoms with Crippen molar-refractivity contribution in [1.29, 1.82) is 0 Å². The molecule has 0 fully saturated rings. The van der Waals surface area contributed by atoms with Gasteiger partial charge in [0.1, 0.15) is 5.69 Å². The molecule has 0 aliphatic heterocycles. The molecule has 20 heavy (non-hydrogen) atoms. The summed E-state index contributed by atoms with van der Waals surface area (Å²) < 4.78 is 6.23. The zero-order valence-corrected chi connectivity index (χ0v) is 10.9. The molecular weight excluding hydrogens is 262 g/mol. The van der Waals surface area contributed by atoms with E-state index in [9.17, 15) is 15.0 Å². The summed E-state index contributed by atoms with van der Waals surface area (Å²) in [6.45, 7) is 0.245. The number of aliphatic hydroxyl groups excluding tert-OH is 1. The molecule has 1 unspecified atom stereocenters. The largest absolute Gasteiger partial charge is 0.476 e. The number of hydrogen-bond acceptors (Lipinski definition) is 5. The van der Waals surface area contributed by atoms with E-state index in [0.717, 1.165) is 0 Å². The van der Waals surface area contributed by atoms with Crippen LogP contribution in [0, 0.1) is 0 Å². The molecule has 0 spiro atoms. The van der Waals surface area contributed by atoms with Crippen molar-refractivity contribution in [2.24, 2.45) is 0 Å². The lowest BCUT2D eigenvalue weighted by atomic mass is 10.1. The van der Waals surface area contributed by atoms with Gasteiger partial charge in [0.05, 0.1) is 19.3 Å². The third-order valence-electron chi connectivity index (χ3n) is 2.73. The summed E-state index contributed by atoms with van der Waals surface area (Å²) in [4.78, 5) is 11.2. The number of carboxylic acids is 1. The van der Waals surface area contributed by atoms with Crippen molar-refractivity contribution >= 4 is 5.97 Å². The lowest BCUT2D eigenvalue weighted by Gasteiger charge is -2.11. The Morgan fingerprint density at radius 3 is 2.70 bits per heavy atom. The quantitative estimate of drug-likeness (QED) is 0.804. The van der Waals surface area contributed by atoms with Gasteiger partial charge in [-0.25, -0.2) is 9.48 Å². The predicted octanol–water partition coefficient (Wildman–Crippen LogP) is 0.651. The summed E-state index contributed by atoms with van der Waals surface area (Å²) in [5.41, 5.74) is 0.911. The minimum atomic E-state index is -1.16. The molecule has 0 amide bonds. The number of aromatic nitrogens is 3. The van der Waals surface area contributed by atoms with Crippen LogP contribution in [0.2, 0.25) is 0 Å². The molecule has 0 aliphatic rings. The van der Waals surface area contributed by atoms with Crippen molar-refractivity contribution in [1.82, 2.24) is 15.0 Å². The fourth-order valence-electron chi connectivity index (χ4n) is 1.91. The third-order valence-corrected chi connectivity index (χ3v) is 2.73. The molecule has 0 aliphatic carbocycles. The number of carboxylic acid groups (broad SMARTS) is 1. The Morgan fingerprint density at radius 2 is 2.10 bits per heavy atom. The number of nitrogens with zero attached hydrogens (tertiary/aromatic N) is 3. The van der Waals surface area contributed by atoms with Crippen LogP contribution in [0.25, 0.3) is 11.3 Å². The van der Waals surface area contributed by atoms with Gasteiger partial charge in [-0.05, 0) is 0 Å². The monoisotopic (exact) mass is 277 g/mol. The van der Waals surface area contributed by atoms with E-state index in [1.807, 2.05) is 6.07 Å². The van der Waals surface area contributed by atoms with Gasteiger partial charge in [-0.2, -0.15) is 0 Å². The Morgan fingerprint density at radius 1 is 1.40 bits per heavy atom. The summed E-state index contributed by atoms with van der Waals surface area (Å²) >= 11 is 0. The van der Waals surface area contributed by atoms with Gasteiger partial charge in [0.2, 0.25) is 0 Å². The number of rotatable bonds is 6. The maximum Gasteiger partial charge on any atom is 0.358 e. The fraction of sp³-hybridized carbons (Fsp3) is 0.308. The lowest BCUT2D eigenvalue weighted by Crippen LogP contribution is -2.22. The topological polar surface area (TPSA) is 97.5 Å². The predicted molar refractivity (Wildman–Crippen MR) is 70.3 cm³/mol. The second-order valence-electron chi connectivity index (χ2n) is 4.25. The summed E-state index contributed by atoms with van der Waals surface area (Å²) in [6.07, 6.45) is -0.786. The normalized spacial score (nSPS) is 12.3. The average molecular weight is 277 g/mol. The standard InChI is InChI=1S/C13H15N3O4/c1-20-8-10(17)7-16-12(9-5-3-2-4-6-9)11(13(18)19)14-15-16/h2-6,10,17H,7-8H2,1H3,(H,18,19). The molecule has 2 N–H and O–H groups in total. The van der Waals surface area contributed by atoms with E-state index in [0.29, 0.717) is 11.3 Å². The molecule has 106 valence electrons. The SMILES string of the molecule is COCC(O)Cn1nnc(C(=O)O)c1-c1ccccc1. The smallest absolute Gasteiger partial charge is 0.358 e.